The number of hydrogen-bond acceptors (Lipinski definition) is 10. The van der Waals surface area contributed by atoms with E-state index in [0.29, 0.717) is 0 Å². The molecule has 0 amide bonds. The summed E-state index contributed by atoms with van der Waals surface area (Å²) >= 11 is 0. The Morgan fingerprint density at radius 3 is 2.21 bits per heavy atom. The average molecular weight is 405 g/mol. The van der Waals surface area contributed by atoms with Gasteiger partial charge in [-0.2, -0.15) is 14.4 Å². The van der Waals surface area contributed by atoms with Crippen molar-refractivity contribution in [3.8, 4) is 0 Å². The Labute approximate surface area is 156 Å². The monoisotopic (exact) mass is 405 g/mol. The number of nitrogens with two attached hydrogens (primary N) is 1. The van der Waals surface area contributed by atoms with Gasteiger partial charge in [-0.1, -0.05) is 0 Å². The average Bonchev–Trinajstić information content (AvgIpc) is 3.09. The first-order valence-electron chi connectivity index (χ1n) is 7.66. The lowest BCUT2D eigenvalue weighted by Gasteiger charge is -2.16. The normalized spacial score (nSPS) is 23.4. The van der Waals surface area contributed by atoms with Crippen LogP contribution < -0.4 is 5.73 Å². The number of aliphatic hydroxyl groups excluding tert-OH is 3. The summed E-state index contributed by atoms with van der Waals surface area (Å²) in [7, 11) is 0. The zero-order valence-corrected chi connectivity index (χ0v) is 14.8. The second kappa shape index (κ2) is 9.84. The standard InChI is InChI=1S/C10H12FN5O4.2C2H4O2/c11-10-14-7(12)4-8(15-10)16(2-13-4)9-6(19)5(18)3(1-17)20-9;2*1-2(3)4/h2-3,5-6,9,17-19H,1H2,(H2,12,14,15);2*1H3,(H,3,4)/t3-,5-,6-,9-;;/m1../s1. The third kappa shape index (κ3) is 5.78. The number of ether oxygens (including phenoxy) is 1. The molecule has 28 heavy (non-hydrogen) atoms. The maximum atomic E-state index is 13.2. The lowest BCUT2D eigenvalue weighted by Crippen LogP contribution is -2.33. The first-order chi connectivity index (χ1) is 13.0. The van der Waals surface area contributed by atoms with Crippen molar-refractivity contribution in [3.63, 3.8) is 0 Å². The summed E-state index contributed by atoms with van der Waals surface area (Å²) in [5.74, 6) is -1.81. The number of aliphatic carboxylic acids is 2. The van der Waals surface area contributed by atoms with Crippen LogP contribution in [0.2, 0.25) is 0 Å². The highest BCUT2D eigenvalue weighted by Crippen LogP contribution is 2.31. The highest BCUT2D eigenvalue weighted by atomic mass is 19.1. The number of hydrogen-bond donors (Lipinski definition) is 6. The Morgan fingerprint density at radius 1 is 1.21 bits per heavy atom. The molecule has 0 saturated carbocycles. The maximum Gasteiger partial charge on any atom is 0.312 e. The molecule has 0 bridgehead atoms. The van der Waals surface area contributed by atoms with Crippen molar-refractivity contribution in [2.75, 3.05) is 12.3 Å². The van der Waals surface area contributed by atoms with E-state index in [1.807, 2.05) is 0 Å². The summed E-state index contributed by atoms with van der Waals surface area (Å²) in [6.45, 7) is 1.70. The number of imidazole rings is 1. The van der Waals surface area contributed by atoms with Crippen molar-refractivity contribution < 1.29 is 44.2 Å². The number of carbonyl (C=O) groups is 2. The lowest BCUT2D eigenvalue weighted by molar-refractivity contribution is -0.135. The Morgan fingerprint density at radius 2 is 1.75 bits per heavy atom. The molecule has 7 N–H and O–H groups in total. The summed E-state index contributed by atoms with van der Waals surface area (Å²) in [6, 6.07) is 0. The summed E-state index contributed by atoms with van der Waals surface area (Å²) in [5.41, 5.74) is 5.71. The predicted octanol–water partition coefficient (Wildman–Crippen LogP) is -1.66. The molecule has 0 radical (unpaired) electrons. The number of fused-ring (bicyclic) bond motifs is 1. The zero-order valence-electron chi connectivity index (χ0n) is 14.8. The molecule has 0 aromatic carbocycles. The van der Waals surface area contributed by atoms with E-state index in [2.05, 4.69) is 15.0 Å². The van der Waals surface area contributed by atoms with Gasteiger partial charge in [-0.25, -0.2) is 4.98 Å². The number of carboxylic acid groups (broad SMARTS) is 2. The first kappa shape index (κ1) is 23.1. The fourth-order valence-corrected chi connectivity index (χ4v) is 2.21. The van der Waals surface area contributed by atoms with Gasteiger partial charge in [0.15, 0.2) is 23.2 Å². The number of nitrogens with zero attached hydrogens (tertiary/aromatic N) is 4. The number of rotatable bonds is 2. The minimum absolute atomic E-state index is 0.0323. The van der Waals surface area contributed by atoms with E-state index >= 15 is 0 Å². The Bertz CT molecular complexity index is 811. The third-order valence-electron chi connectivity index (χ3n) is 3.21. The van der Waals surface area contributed by atoms with E-state index in [4.69, 9.17) is 35.4 Å². The highest BCUT2D eigenvalue weighted by Gasteiger charge is 2.44. The van der Waals surface area contributed by atoms with Gasteiger partial charge < -0.3 is 36.0 Å². The largest absolute Gasteiger partial charge is 0.481 e. The molecule has 13 nitrogen and oxygen atoms in total. The van der Waals surface area contributed by atoms with Crippen LogP contribution in [0.25, 0.3) is 11.2 Å². The molecule has 0 spiro atoms. The van der Waals surface area contributed by atoms with Gasteiger partial charge in [0.2, 0.25) is 0 Å². The Hall–Kier alpha value is -2.94. The SMILES string of the molecule is CC(=O)O.CC(=O)O.Nc1nc(F)nc2c1ncn2[C@@H]1O[C@H](CO)[C@@H](O)[C@H]1O. The van der Waals surface area contributed by atoms with E-state index in [9.17, 15) is 14.6 Å². The van der Waals surface area contributed by atoms with E-state index in [-0.39, 0.29) is 17.0 Å². The molecule has 1 aliphatic rings. The van der Waals surface area contributed by atoms with Gasteiger partial charge >= 0.3 is 6.08 Å². The van der Waals surface area contributed by atoms with Crippen molar-refractivity contribution in [3.05, 3.63) is 12.4 Å². The van der Waals surface area contributed by atoms with Crippen LogP contribution in [0.3, 0.4) is 0 Å². The summed E-state index contributed by atoms with van der Waals surface area (Å²) < 4.78 is 19.8. The van der Waals surface area contributed by atoms with Crippen LogP contribution in [0, 0.1) is 6.08 Å². The molecule has 0 unspecified atom stereocenters. The van der Waals surface area contributed by atoms with E-state index < -0.39 is 49.2 Å². The van der Waals surface area contributed by atoms with Gasteiger partial charge in [-0.15, -0.1) is 0 Å². The molecule has 14 heteroatoms. The Kier molecular flexibility index (Phi) is 8.12. The van der Waals surface area contributed by atoms with E-state index in [1.54, 1.807) is 0 Å². The van der Waals surface area contributed by atoms with Gasteiger partial charge in [-0.3, -0.25) is 14.2 Å². The second-order valence-corrected chi connectivity index (χ2v) is 5.47. The molecule has 156 valence electrons. The van der Waals surface area contributed by atoms with Crippen molar-refractivity contribution >= 4 is 28.9 Å². The highest BCUT2D eigenvalue weighted by molar-refractivity contribution is 5.81. The van der Waals surface area contributed by atoms with Crippen LogP contribution in [0.1, 0.15) is 20.1 Å². The minimum atomic E-state index is -1.32. The maximum absolute atomic E-state index is 13.2. The van der Waals surface area contributed by atoms with Crippen molar-refractivity contribution in [1.29, 1.82) is 0 Å². The molecule has 0 aliphatic carbocycles. The number of nitrogen functional groups attached to an aromatic ring is 1. The first-order valence-corrected chi connectivity index (χ1v) is 7.66. The van der Waals surface area contributed by atoms with Crippen LogP contribution >= 0.6 is 0 Å². The number of anilines is 1. The van der Waals surface area contributed by atoms with Crippen LogP contribution in [-0.4, -0.2) is 81.9 Å². The van der Waals surface area contributed by atoms with Gasteiger partial charge in [0, 0.05) is 13.8 Å². The predicted molar refractivity (Wildman–Crippen MR) is 89.3 cm³/mol. The van der Waals surface area contributed by atoms with E-state index in [1.165, 1.54) is 10.9 Å². The smallest absolute Gasteiger partial charge is 0.312 e. The molecule has 2 aromatic rings. The number of halogens is 1. The number of aromatic nitrogens is 4. The zero-order chi connectivity index (χ0) is 21.6. The molecule has 1 saturated heterocycles. The second-order valence-electron chi connectivity index (χ2n) is 5.47. The van der Waals surface area contributed by atoms with Crippen molar-refractivity contribution in [2.45, 2.75) is 38.4 Å². The third-order valence-corrected chi connectivity index (χ3v) is 3.21. The van der Waals surface area contributed by atoms with E-state index in [0.717, 1.165) is 13.8 Å². The van der Waals surface area contributed by atoms with Gasteiger partial charge in [-0.05, 0) is 0 Å². The fraction of sp³-hybridized carbons (Fsp3) is 0.500. The number of carboxylic acids is 2. The Balaban J connectivity index is 0.000000420. The van der Waals surface area contributed by atoms with Crippen LogP contribution in [0.4, 0.5) is 10.2 Å². The molecular weight excluding hydrogens is 385 g/mol. The molecule has 3 heterocycles. The molecule has 1 fully saturated rings. The number of aliphatic hydroxyl groups is 3. The van der Waals surface area contributed by atoms with Crippen molar-refractivity contribution in [1.82, 2.24) is 19.5 Å². The van der Waals surface area contributed by atoms with Gasteiger partial charge in [0.1, 0.15) is 18.3 Å². The summed E-state index contributed by atoms with van der Waals surface area (Å²) in [4.78, 5) is 28.8. The molecule has 1 aliphatic heterocycles. The lowest BCUT2D eigenvalue weighted by atomic mass is 10.1. The van der Waals surface area contributed by atoms with Gasteiger partial charge in [0.05, 0.1) is 12.9 Å². The molecular formula is C14H20FN5O8. The van der Waals surface area contributed by atoms with Gasteiger partial charge in [0.25, 0.3) is 11.9 Å². The minimum Gasteiger partial charge on any atom is -0.481 e. The summed E-state index contributed by atoms with van der Waals surface area (Å²) in [5, 5.41) is 43.5. The topological polar surface area (TPSA) is 214 Å². The van der Waals surface area contributed by atoms with Crippen molar-refractivity contribution in [2.24, 2.45) is 0 Å². The molecule has 3 rings (SSSR count). The fourth-order valence-electron chi connectivity index (χ4n) is 2.21. The van der Waals surface area contributed by atoms with Crippen LogP contribution in [-0.2, 0) is 14.3 Å². The van der Waals surface area contributed by atoms with Crippen LogP contribution in [0.15, 0.2) is 6.33 Å². The summed E-state index contributed by atoms with van der Waals surface area (Å²) in [6.07, 6.45) is -4.38. The quantitative estimate of drug-likeness (QED) is 0.310. The molecule has 2 aromatic heterocycles. The molecule has 4 atom stereocenters. The van der Waals surface area contributed by atoms with Crippen LogP contribution in [0.5, 0.6) is 0 Å².